The average molecular weight is 337 g/mol. The molecule has 0 aliphatic heterocycles. The maximum atomic E-state index is 12.1. The van der Waals surface area contributed by atoms with Crippen molar-refractivity contribution in [2.75, 3.05) is 5.32 Å². The van der Waals surface area contributed by atoms with Crippen LogP contribution in [0.1, 0.15) is 5.56 Å². The third kappa shape index (κ3) is 4.03. The molecule has 25 heavy (non-hydrogen) atoms. The molecule has 7 nitrogen and oxygen atoms in total. The maximum Gasteiger partial charge on any atom is 0.409 e. The van der Waals surface area contributed by atoms with Gasteiger partial charge in [-0.1, -0.05) is 24.3 Å². The van der Waals surface area contributed by atoms with Gasteiger partial charge >= 0.3 is 6.09 Å². The monoisotopic (exact) mass is 337 g/mol. The maximum absolute atomic E-state index is 12.1. The summed E-state index contributed by atoms with van der Waals surface area (Å²) in [6.07, 6.45) is -1.15. The second-order valence-corrected chi connectivity index (χ2v) is 5.40. The standard InChI is InChI=1S/C18H15N3O4/c22-15-6-2-4-13(10-15)16-7-8-17(23)21(20-16)11-12-3-1-5-14(9-12)19-18(24)25/h1-10,19,22H,11H2,(H,24,25). The summed E-state index contributed by atoms with van der Waals surface area (Å²) in [6.45, 7) is 0.195. The summed E-state index contributed by atoms with van der Waals surface area (Å²) < 4.78 is 1.29. The highest BCUT2D eigenvalue weighted by molar-refractivity contribution is 5.82. The Balaban J connectivity index is 1.91. The Hall–Kier alpha value is -3.61. The largest absolute Gasteiger partial charge is 0.508 e. The van der Waals surface area contributed by atoms with E-state index in [9.17, 15) is 14.7 Å². The fourth-order valence-corrected chi connectivity index (χ4v) is 2.43. The van der Waals surface area contributed by atoms with Gasteiger partial charge in [-0.2, -0.15) is 5.10 Å². The lowest BCUT2D eigenvalue weighted by Gasteiger charge is -2.09. The highest BCUT2D eigenvalue weighted by atomic mass is 16.4. The summed E-state index contributed by atoms with van der Waals surface area (Å²) >= 11 is 0. The lowest BCUT2D eigenvalue weighted by Crippen LogP contribution is -2.22. The first kappa shape index (κ1) is 16.3. The third-order valence-electron chi connectivity index (χ3n) is 3.52. The van der Waals surface area contributed by atoms with Gasteiger partial charge in [0, 0.05) is 17.3 Å². The van der Waals surface area contributed by atoms with Gasteiger partial charge in [0.1, 0.15) is 5.75 Å². The van der Waals surface area contributed by atoms with Gasteiger partial charge in [-0.05, 0) is 35.9 Å². The molecule has 1 heterocycles. The molecule has 0 radical (unpaired) electrons. The molecular weight excluding hydrogens is 322 g/mol. The van der Waals surface area contributed by atoms with Crippen LogP contribution in [-0.4, -0.2) is 26.1 Å². The fraction of sp³-hybridized carbons (Fsp3) is 0.0556. The molecule has 0 unspecified atom stereocenters. The molecule has 3 N–H and O–H groups in total. The van der Waals surface area contributed by atoms with Crippen LogP contribution in [0.25, 0.3) is 11.3 Å². The summed E-state index contributed by atoms with van der Waals surface area (Å²) in [5, 5.41) is 25.0. The zero-order valence-corrected chi connectivity index (χ0v) is 13.1. The predicted molar refractivity (Wildman–Crippen MR) is 92.8 cm³/mol. The Labute approximate surface area is 142 Å². The van der Waals surface area contributed by atoms with Crippen LogP contribution in [0, 0.1) is 0 Å². The number of phenols is 1. The lowest BCUT2D eigenvalue weighted by atomic mass is 10.1. The number of anilines is 1. The van der Waals surface area contributed by atoms with E-state index in [4.69, 9.17) is 5.11 Å². The zero-order valence-electron chi connectivity index (χ0n) is 13.1. The molecular formula is C18H15N3O4. The van der Waals surface area contributed by atoms with Crippen molar-refractivity contribution in [3.63, 3.8) is 0 Å². The van der Waals surface area contributed by atoms with Gasteiger partial charge in [0.25, 0.3) is 5.56 Å². The van der Waals surface area contributed by atoms with Crippen molar-refractivity contribution < 1.29 is 15.0 Å². The van der Waals surface area contributed by atoms with E-state index in [2.05, 4.69) is 10.4 Å². The van der Waals surface area contributed by atoms with Crippen molar-refractivity contribution >= 4 is 11.8 Å². The minimum Gasteiger partial charge on any atom is -0.508 e. The van der Waals surface area contributed by atoms with E-state index < -0.39 is 6.09 Å². The number of hydrogen-bond acceptors (Lipinski definition) is 4. The lowest BCUT2D eigenvalue weighted by molar-refractivity contribution is 0.209. The van der Waals surface area contributed by atoms with Crippen LogP contribution in [0.15, 0.2) is 65.5 Å². The Morgan fingerprint density at radius 1 is 1.08 bits per heavy atom. The molecule has 7 heteroatoms. The minimum atomic E-state index is -1.15. The Bertz CT molecular complexity index is 982. The zero-order chi connectivity index (χ0) is 17.8. The molecule has 1 aromatic heterocycles. The molecule has 0 bridgehead atoms. The number of aromatic nitrogens is 2. The van der Waals surface area contributed by atoms with Gasteiger partial charge in [0.2, 0.25) is 0 Å². The summed E-state index contributed by atoms with van der Waals surface area (Å²) in [6, 6.07) is 16.3. The minimum absolute atomic E-state index is 0.115. The Morgan fingerprint density at radius 3 is 2.64 bits per heavy atom. The summed E-state index contributed by atoms with van der Waals surface area (Å²) in [5.74, 6) is 0.115. The summed E-state index contributed by atoms with van der Waals surface area (Å²) in [4.78, 5) is 22.8. The summed E-state index contributed by atoms with van der Waals surface area (Å²) in [5.41, 5.74) is 2.11. The number of carbonyl (C=O) groups is 1. The van der Waals surface area contributed by atoms with E-state index in [0.717, 1.165) is 5.56 Å². The molecule has 1 amide bonds. The topological polar surface area (TPSA) is 104 Å². The number of nitrogens with zero attached hydrogens (tertiary/aromatic N) is 2. The molecule has 0 aliphatic carbocycles. The van der Waals surface area contributed by atoms with Gasteiger partial charge < -0.3 is 10.2 Å². The van der Waals surface area contributed by atoms with E-state index >= 15 is 0 Å². The Morgan fingerprint density at radius 2 is 1.88 bits per heavy atom. The normalized spacial score (nSPS) is 10.4. The number of aromatic hydroxyl groups is 1. The highest BCUT2D eigenvalue weighted by Gasteiger charge is 2.06. The number of benzene rings is 2. The molecule has 2 aromatic carbocycles. The second kappa shape index (κ2) is 6.88. The number of nitrogens with one attached hydrogen (secondary N) is 1. The predicted octanol–water partition coefficient (Wildman–Crippen LogP) is 2.75. The van der Waals surface area contributed by atoms with E-state index in [0.29, 0.717) is 16.9 Å². The number of hydrogen-bond donors (Lipinski definition) is 3. The first-order valence-corrected chi connectivity index (χ1v) is 7.48. The van der Waals surface area contributed by atoms with Crippen LogP contribution in [0.4, 0.5) is 10.5 Å². The molecule has 126 valence electrons. The average Bonchev–Trinajstić information content (AvgIpc) is 2.56. The number of carboxylic acid groups (broad SMARTS) is 1. The molecule has 0 saturated carbocycles. The second-order valence-electron chi connectivity index (χ2n) is 5.40. The van der Waals surface area contributed by atoms with Crippen LogP contribution in [0.5, 0.6) is 5.75 Å². The summed E-state index contributed by atoms with van der Waals surface area (Å²) in [7, 11) is 0. The molecule has 0 fully saturated rings. The van der Waals surface area contributed by atoms with Gasteiger partial charge in [-0.25, -0.2) is 9.48 Å². The highest BCUT2D eigenvalue weighted by Crippen LogP contribution is 2.20. The van der Waals surface area contributed by atoms with Crippen LogP contribution >= 0.6 is 0 Å². The smallest absolute Gasteiger partial charge is 0.409 e. The molecule has 0 spiro atoms. The number of amides is 1. The van der Waals surface area contributed by atoms with Crippen LogP contribution < -0.4 is 10.9 Å². The van der Waals surface area contributed by atoms with Crippen LogP contribution in [0.2, 0.25) is 0 Å². The molecule has 0 aliphatic rings. The first-order valence-electron chi connectivity index (χ1n) is 7.48. The van der Waals surface area contributed by atoms with Gasteiger partial charge in [0.15, 0.2) is 0 Å². The van der Waals surface area contributed by atoms with Crippen molar-refractivity contribution in [2.24, 2.45) is 0 Å². The fourth-order valence-electron chi connectivity index (χ4n) is 2.43. The van der Waals surface area contributed by atoms with Gasteiger partial charge in [0.05, 0.1) is 12.2 Å². The SMILES string of the molecule is O=C(O)Nc1cccc(Cn2nc(-c3cccc(O)c3)ccc2=O)c1. The molecule has 0 atom stereocenters. The molecule has 0 saturated heterocycles. The van der Waals surface area contributed by atoms with Crippen molar-refractivity contribution in [3.8, 4) is 17.0 Å². The van der Waals surface area contributed by atoms with Crippen molar-refractivity contribution in [1.29, 1.82) is 0 Å². The van der Waals surface area contributed by atoms with Crippen LogP contribution in [-0.2, 0) is 6.54 Å². The quantitative estimate of drug-likeness (QED) is 0.679. The first-order chi connectivity index (χ1) is 12.0. The van der Waals surface area contributed by atoms with Crippen molar-refractivity contribution in [2.45, 2.75) is 6.54 Å². The third-order valence-corrected chi connectivity index (χ3v) is 3.52. The number of phenolic OH excluding ortho intramolecular Hbond substituents is 1. The van der Waals surface area contributed by atoms with Crippen molar-refractivity contribution in [1.82, 2.24) is 9.78 Å². The van der Waals surface area contributed by atoms with Gasteiger partial charge in [-0.15, -0.1) is 0 Å². The van der Waals surface area contributed by atoms with E-state index in [1.807, 2.05) is 0 Å². The Kier molecular flexibility index (Phi) is 4.47. The molecule has 3 rings (SSSR count). The van der Waals surface area contributed by atoms with Crippen molar-refractivity contribution in [3.05, 3.63) is 76.6 Å². The number of rotatable bonds is 4. The van der Waals surface area contributed by atoms with Crippen LogP contribution in [0.3, 0.4) is 0 Å². The van der Waals surface area contributed by atoms with E-state index in [-0.39, 0.29) is 17.9 Å². The molecule has 3 aromatic rings. The van der Waals surface area contributed by atoms with E-state index in [1.165, 1.54) is 10.7 Å². The van der Waals surface area contributed by atoms with E-state index in [1.54, 1.807) is 54.6 Å². The van der Waals surface area contributed by atoms with Gasteiger partial charge in [-0.3, -0.25) is 10.1 Å².